The Labute approximate surface area is 113 Å². The highest BCUT2D eigenvalue weighted by Crippen LogP contribution is 2.21. The lowest BCUT2D eigenvalue weighted by Gasteiger charge is -2.16. The van der Waals surface area contributed by atoms with Gasteiger partial charge in [-0.1, -0.05) is 30.3 Å². The Morgan fingerprint density at radius 3 is 2.37 bits per heavy atom. The molecule has 0 aliphatic carbocycles. The molecule has 100 valence electrons. The van der Waals surface area contributed by atoms with Gasteiger partial charge < -0.3 is 5.32 Å². The summed E-state index contributed by atoms with van der Waals surface area (Å²) in [4.78, 5) is 0.131. The molecule has 0 amide bonds. The van der Waals surface area contributed by atoms with Gasteiger partial charge in [-0.25, -0.2) is 13.6 Å². The lowest BCUT2D eigenvalue weighted by molar-refractivity contribution is 0.597. The first-order chi connectivity index (χ1) is 8.97. The third-order valence-corrected chi connectivity index (χ3v) is 3.75. The maximum absolute atomic E-state index is 11.3. The Bertz CT molecular complexity index is 654. The van der Waals surface area contributed by atoms with Crippen LogP contribution in [-0.2, 0) is 10.0 Å². The minimum Gasteiger partial charge on any atom is -0.379 e. The number of anilines is 1. The van der Waals surface area contributed by atoms with Crippen LogP contribution in [0.25, 0.3) is 0 Å². The predicted molar refractivity (Wildman–Crippen MR) is 76.3 cm³/mol. The van der Waals surface area contributed by atoms with E-state index in [2.05, 4.69) is 5.32 Å². The third-order valence-electron chi connectivity index (χ3n) is 2.84. The van der Waals surface area contributed by atoms with Crippen LogP contribution < -0.4 is 10.5 Å². The lowest BCUT2D eigenvalue weighted by Crippen LogP contribution is -2.13. The molecule has 0 aliphatic heterocycles. The van der Waals surface area contributed by atoms with E-state index in [1.54, 1.807) is 12.1 Å². The van der Waals surface area contributed by atoms with Crippen molar-refractivity contribution < 1.29 is 8.42 Å². The zero-order valence-electron chi connectivity index (χ0n) is 10.6. The second-order valence-corrected chi connectivity index (χ2v) is 5.91. The van der Waals surface area contributed by atoms with Crippen LogP contribution in [0.5, 0.6) is 0 Å². The quantitative estimate of drug-likeness (QED) is 0.901. The highest BCUT2D eigenvalue weighted by Gasteiger charge is 2.11. The molecule has 0 aromatic heterocycles. The van der Waals surface area contributed by atoms with Crippen LogP contribution in [-0.4, -0.2) is 8.42 Å². The zero-order chi connectivity index (χ0) is 13.9. The fraction of sp³-hybridized carbons (Fsp3) is 0.143. The van der Waals surface area contributed by atoms with Gasteiger partial charge in [0.25, 0.3) is 0 Å². The molecule has 1 atom stereocenters. The van der Waals surface area contributed by atoms with Crippen molar-refractivity contribution in [2.24, 2.45) is 5.14 Å². The Morgan fingerprint density at radius 2 is 1.74 bits per heavy atom. The minimum atomic E-state index is -3.66. The molecule has 0 saturated carbocycles. The van der Waals surface area contributed by atoms with Gasteiger partial charge in [0.05, 0.1) is 4.90 Å². The highest BCUT2D eigenvalue weighted by molar-refractivity contribution is 7.89. The van der Waals surface area contributed by atoms with E-state index in [9.17, 15) is 8.42 Å². The molecule has 0 heterocycles. The fourth-order valence-electron chi connectivity index (χ4n) is 1.83. The lowest BCUT2D eigenvalue weighted by atomic mass is 10.1. The third kappa shape index (κ3) is 3.56. The van der Waals surface area contributed by atoms with Gasteiger partial charge in [0.15, 0.2) is 0 Å². The molecule has 5 heteroatoms. The van der Waals surface area contributed by atoms with E-state index < -0.39 is 10.0 Å². The summed E-state index contributed by atoms with van der Waals surface area (Å²) in [5, 5.41) is 8.43. The first-order valence-electron chi connectivity index (χ1n) is 5.91. The van der Waals surface area contributed by atoms with Gasteiger partial charge in [0, 0.05) is 11.7 Å². The number of nitrogens with one attached hydrogen (secondary N) is 1. The average molecular weight is 276 g/mol. The molecule has 0 saturated heterocycles. The molecular weight excluding hydrogens is 260 g/mol. The predicted octanol–water partition coefficient (Wildman–Crippen LogP) is 2.51. The molecule has 2 aromatic carbocycles. The molecule has 0 radical (unpaired) electrons. The molecule has 19 heavy (non-hydrogen) atoms. The molecule has 1 unspecified atom stereocenters. The number of hydrogen-bond donors (Lipinski definition) is 2. The number of rotatable bonds is 4. The fourth-order valence-corrected chi connectivity index (χ4v) is 2.40. The summed E-state index contributed by atoms with van der Waals surface area (Å²) >= 11 is 0. The van der Waals surface area contributed by atoms with E-state index in [4.69, 9.17) is 5.14 Å². The van der Waals surface area contributed by atoms with Crippen LogP contribution in [0.3, 0.4) is 0 Å². The van der Waals surface area contributed by atoms with E-state index in [0.29, 0.717) is 0 Å². The number of nitrogens with two attached hydrogens (primary N) is 1. The Kier molecular flexibility index (Phi) is 3.87. The minimum absolute atomic E-state index is 0.0101. The normalized spacial score (nSPS) is 12.9. The monoisotopic (exact) mass is 276 g/mol. The molecule has 0 spiro atoms. The van der Waals surface area contributed by atoms with Gasteiger partial charge >= 0.3 is 0 Å². The van der Waals surface area contributed by atoms with Crippen molar-refractivity contribution in [2.75, 3.05) is 5.32 Å². The number of hydrogen-bond acceptors (Lipinski definition) is 3. The average Bonchev–Trinajstić information content (AvgIpc) is 2.39. The van der Waals surface area contributed by atoms with Gasteiger partial charge in [0.2, 0.25) is 10.0 Å². The Hall–Kier alpha value is -1.85. The van der Waals surface area contributed by atoms with Gasteiger partial charge in [-0.05, 0) is 36.8 Å². The second kappa shape index (κ2) is 5.42. The summed E-state index contributed by atoms with van der Waals surface area (Å²) in [6.45, 7) is 1.97. The van der Waals surface area contributed by atoms with Crippen molar-refractivity contribution in [2.45, 2.75) is 17.9 Å². The van der Waals surface area contributed by atoms with Crippen LogP contribution >= 0.6 is 0 Å². The maximum Gasteiger partial charge on any atom is 0.238 e. The topological polar surface area (TPSA) is 72.2 Å². The van der Waals surface area contributed by atoms with Crippen molar-refractivity contribution in [3.05, 3.63) is 60.2 Å². The molecule has 0 aliphatic rings. The van der Waals surface area contributed by atoms with E-state index in [-0.39, 0.29) is 10.9 Å². The van der Waals surface area contributed by atoms with Crippen molar-refractivity contribution in [3.63, 3.8) is 0 Å². The largest absolute Gasteiger partial charge is 0.379 e. The smallest absolute Gasteiger partial charge is 0.238 e. The van der Waals surface area contributed by atoms with E-state index in [0.717, 1.165) is 11.3 Å². The first-order valence-corrected chi connectivity index (χ1v) is 7.46. The van der Waals surface area contributed by atoms with E-state index >= 15 is 0 Å². The van der Waals surface area contributed by atoms with Crippen LogP contribution in [0.15, 0.2) is 59.5 Å². The zero-order valence-corrected chi connectivity index (χ0v) is 11.4. The number of para-hydroxylation sites is 1. The van der Waals surface area contributed by atoms with Crippen LogP contribution in [0.4, 0.5) is 5.69 Å². The van der Waals surface area contributed by atoms with Crippen LogP contribution in [0.1, 0.15) is 18.5 Å². The number of benzene rings is 2. The molecule has 0 fully saturated rings. The van der Waals surface area contributed by atoms with E-state index in [1.807, 2.05) is 43.3 Å². The summed E-state index contributed by atoms with van der Waals surface area (Å²) in [6.07, 6.45) is 0. The van der Waals surface area contributed by atoms with Gasteiger partial charge in [-0.2, -0.15) is 0 Å². The SMILES string of the molecule is CC(Nc1ccccc1)c1cccc(S(N)(=O)=O)c1. The Morgan fingerprint density at radius 1 is 1.05 bits per heavy atom. The molecule has 3 N–H and O–H groups in total. The summed E-state index contributed by atoms with van der Waals surface area (Å²) in [5.41, 5.74) is 1.85. The first kappa shape index (κ1) is 13.6. The van der Waals surface area contributed by atoms with E-state index in [1.165, 1.54) is 6.07 Å². The molecule has 4 nitrogen and oxygen atoms in total. The van der Waals surface area contributed by atoms with Gasteiger partial charge in [-0.3, -0.25) is 0 Å². The maximum atomic E-state index is 11.3. The Balaban J connectivity index is 2.23. The van der Waals surface area contributed by atoms with Crippen molar-refractivity contribution in [3.8, 4) is 0 Å². The number of primary sulfonamides is 1. The van der Waals surface area contributed by atoms with Crippen molar-refractivity contribution in [1.82, 2.24) is 0 Å². The van der Waals surface area contributed by atoms with Crippen molar-refractivity contribution in [1.29, 1.82) is 0 Å². The summed E-state index contributed by atoms with van der Waals surface area (Å²) < 4.78 is 22.6. The summed E-state index contributed by atoms with van der Waals surface area (Å²) in [5.74, 6) is 0. The van der Waals surface area contributed by atoms with Gasteiger partial charge in [0.1, 0.15) is 0 Å². The summed E-state index contributed by atoms with van der Waals surface area (Å²) in [6, 6.07) is 16.4. The summed E-state index contributed by atoms with van der Waals surface area (Å²) in [7, 11) is -3.66. The van der Waals surface area contributed by atoms with Crippen molar-refractivity contribution >= 4 is 15.7 Å². The molecule has 2 aromatic rings. The van der Waals surface area contributed by atoms with Crippen LogP contribution in [0, 0.1) is 0 Å². The standard InChI is InChI=1S/C14H16N2O2S/c1-11(16-13-7-3-2-4-8-13)12-6-5-9-14(10-12)19(15,17)18/h2-11,16H,1H3,(H2,15,17,18). The molecular formula is C14H16N2O2S. The molecule has 0 bridgehead atoms. The second-order valence-electron chi connectivity index (χ2n) is 4.35. The number of sulfonamides is 1. The molecule has 2 rings (SSSR count). The highest BCUT2D eigenvalue weighted by atomic mass is 32.2. The van der Waals surface area contributed by atoms with Gasteiger partial charge in [-0.15, -0.1) is 0 Å². The van der Waals surface area contributed by atoms with Crippen LogP contribution in [0.2, 0.25) is 0 Å².